The molecule has 0 saturated carbocycles. The van der Waals surface area contributed by atoms with Crippen molar-refractivity contribution in [3.63, 3.8) is 0 Å². The second-order valence-corrected chi connectivity index (χ2v) is 9.15. The number of aromatic nitrogens is 1. The van der Waals surface area contributed by atoms with Gasteiger partial charge in [0.1, 0.15) is 0 Å². The monoisotopic (exact) mass is 482 g/mol. The van der Waals surface area contributed by atoms with Crippen molar-refractivity contribution in [2.75, 3.05) is 10.8 Å². The van der Waals surface area contributed by atoms with E-state index < -0.39 is 39.8 Å². The molecule has 0 bridgehead atoms. The Balaban J connectivity index is 1.98. The standard InChI is InChI=1S/C22H18ClF3N2O3S/c23-20-9-7-17(22(24,25)26)14-21(20)28(32(30,31)19-4-2-1-3-5-19)15-18(29)8-6-16-10-12-27-13-11-16/h1-5,7,9-14H,6,8,15H2. The molecular formula is C22H18ClF3N2O3S. The molecule has 0 aliphatic carbocycles. The average molecular weight is 483 g/mol. The zero-order valence-electron chi connectivity index (χ0n) is 16.6. The van der Waals surface area contributed by atoms with Gasteiger partial charge < -0.3 is 0 Å². The third-order valence-electron chi connectivity index (χ3n) is 4.64. The fourth-order valence-electron chi connectivity index (χ4n) is 2.97. The Hall–Kier alpha value is -2.91. The van der Waals surface area contributed by atoms with Crippen molar-refractivity contribution in [3.8, 4) is 0 Å². The highest BCUT2D eigenvalue weighted by Crippen LogP contribution is 2.37. The van der Waals surface area contributed by atoms with Crippen LogP contribution in [-0.4, -0.2) is 25.7 Å². The first kappa shape index (κ1) is 23.7. The van der Waals surface area contributed by atoms with Gasteiger partial charge in [-0.15, -0.1) is 0 Å². The number of hydrogen-bond acceptors (Lipinski definition) is 4. The maximum absolute atomic E-state index is 13.3. The fourth-order valence-corrected chi connectivity index (χ4v) is 4.72. The Morgan fingerprint density at radius 1 is 1.00 bits per heavy atom. The fraction of sp³-hybridized carbons (Fsp3) is 0.182. The van der Waals surface area contributed by atoms with Crippen LogP contribution in [0.4, 0.5) is 18.9 Å². The van der Waals surface area contributed by atoms with Crippen LogP contribution < -0.4 is 4.31 Å². The minimum atomic E-state index is -4.72. The van der Waals surface area contributed by atoms with Crippen molar-refractivity contribution < 1.29 is 26.4 Å². The Morgan fingerprint density at radius 3 is 2.28 bits per heavy atom. The van der Waals surface area contributed by atoms with Gasteiger partial charge in [-0.1, -0.05) is 29.8 Å². The summed E-state index contributed by atoms with van der Waals surface area (Å²) in [6, 6.07) is 12.9. The molecule has 0 fully saturated rings. The predicted molar refractivity (Wildman–Crippen MR) is 115 cm³/mol. The number of halogens is 4. The third kappa shape index (κ3) is 5.66. The molecule has 168 valence electrons. The van der Waals surface area contributed by atoms with Gasteiger partial charge in [-0.2, -0.15) is 13.2 Å². The van der Waals surface area contributed by atoms with Crippen molar-refractivity contribution >= 4 is 33.1 Å². The molecule has 3 aromatic rings. The van der Waals surface area contributed by atoms with E-state index in [0.29, 0.717) is 16.8 Å². The number of carbonyl (C=O) groups excluding carboxylic acids is 1. The first-order valence-corrected chi connectivity index (χ1v) is 11.3. The number of carbonyl (C=O) groups is 1. The lowest BCUT2D eigenvalue weighted by Gasteiger charge is -2.25. The van der Waals surface area contributed by atoms with Crippen LogP contribution in [0.3, 0.4) is 0 Å². The lowest BCUT2D eigenvalue weighted by atomic mass is 10.1. The van der Waals surface area contributed by atoms with Gasteiger partial charge >= 0.3 is 6.18 Å². The van der Waals surface area contributed by atoms with Gasteiger partial charge in [0.05, 0.1) is 27.7 Å². The number of nitrogens with zero attached hydrogens (tertiary/aromatic N) is 2. The maximum atomic E-state index is 13.3. The molecule has 0 amide bonds. The van der Waals surface area contributed by atoms with Crippen molar-refractivity contribution in [1.29, 1.82) is 0 Å². The van der Waals surface area contributed by atoms with Gasteiger partial charge in [-0.3, -0.25) is 14.1 Å². The van der Waals surface area contributed by atoms with E-state index >= 15 is 0 Å². The summed E-state index contributed by atoms with van der Waals surface area (Å²) in [6.07, 6.45) is -1.27. The summed E-state index contributed by atoms with van der Waals surface area (Å²) in [6.45, 7) is -0.663. The summed E-state index contributed by atoms with van der Waals surface area (Å²) in [7, 11) is -4.37. The van der Waals surface area contributed by atoms with E-state index in [1.807, 2.05) is 0 Å². The molecule has 0 unspecified atom stereocenters. The minimum Gasteiger partial charge on any atom is -0.298 e. The number of anilines is 1. The zero-order valence-corrected chi connectivity index (χ0v) is 18.2. The largest absolute Gasteiger partial charge is 0.416 e. The van der Waals surface area contributed by atoms with E-state index in [-0.39, 0.29) is 16.3 Å². The molecule has 0 radical (unpaired) electrons. The molecule has 1 aromatic heterocycles. The van der Waals surface area contributed by atoms with E-state index in [9.17, 15) is 26.4 Å². The molecule has 0 aliphatic heterocycles. The van der Waals surface area contributed by atoms with Crippen molar-refractivity contribution in [3.05, 3.63) is 89.2 Å². The topological polar surface area (TPSA) is 67.3 Å². The zero-order chi connectivity index (χ0) is 23.4. The Kier molecular flexibility index (Phi) is 7.20. The molecule has 0 atom stereocenters. The van der Waals surface area contributed by atoms with Crippen LogP contribution in [0.2, 0.25) is 5.02 Å². The highest BCUT2D eigenvalue weighted by Gasteiger charge is 2.34. The minimum absolute atomic E-state index is 0.0125. The van der Waals surface area contributed by atoms with E-state index in [1.54, 1.807) is 30.6 Å². The number of ketones is 1. The molecule has 2 aromatic carbocycles. The van der Waals surface area contributed by atoms with E-state index in [4.69, 9.17) is 11.6 Å². The van der Waals surface area contributed by atoms with Crippen LogP contribution in [0.1, 0.15) is 17.5 Å². The lowest BCUT2D eigenvalue weighted by molar-refractivity contribution is -0.137. The van der Waals surface area contributed by atoms with Gasteiger partial charge in [0.15, 0.2) is 5.78 Å². The number of aryl methyl sites for hydroxylation is 1. The van der Waals surface area contributed by atoms with Crippen LogP contribution in [0, 0.1) is 0 Å². The van der Waals surface area contributed by atoms with Crippen molar-refractivity contribution in [1.82, 2.24) is 4.98 Å². The number of benzene rings is 2. The lowest BCUT2D eigenvalue weighted by Crippen LogP contribution is -2.36. The SMILES string of the molecule is O=C(CCc1ccncc1)CN(c1cc(C(F)(F)F)ccc1Cl)S(=O)(=O)c1ccccc1. The number of alkyl halides is 3. The highest BCUT2D eigenvalue weighted by atomic mass is 35.5. The molecule has 0 aliphatic rings. The second-order valence-electron chi connectivity index (χ2n) is 6.88. The van der Waals surface area contributed by atoms with Gasteiger partial charge in [-0.05, 0) is 54.4 Å². The molecule has 10 heteroatoms. The molecule has 0 saturated heterocycles. The molecular weight excluding hydrogens is 465 g/mol. The smallest absolute Gasteiger partial charge is 0.298 e. The number of pyridine rings is 1. The van der Waals surface area contributed by atoms with Crippen LogP contribution in [0.25, 0.3) is 0 Å². The maximum Gasteiger partial charge on any atom is 0.416 e. The van der Waals surface area contributed by atoms with Crippen LogP contribution in [-0.2, 0) is 27.4 Å². The normalized spacial score (nSPS) is 11.9. The quantitative estimate of drug-likeness (QED) is 0.445. The number of sulfonamides is 1. The first-order valence-electron chi connectivity index (χ1n) is 9.44. The van der Waals surface area contributed by atoms with Crippen LogP contribution in [0.5, 0.6) is 0 Å². The van der Waals surface area contributed by atoms with E-state index in [1.165, 1.54) is 24.3 Å². The average Bonchev–Trinajstić information content (AvgIpc) is 2.77. The first-order chi connectivity index (χ1) is 15.1. The number of rotatable bonds is 8. The summed E-state index contributed by atoms with van der Waals surface area (Å²) >= 11 is 6.10. The van der Waals surface area contributed by atoms with Crippen molar-refractivity contribution in [2.24, 2.45) is 0 Å². The molecule has 5 nitrogen and oxygen atoms in total. The molecule has 3 rings (SSSR count). The Bertz CT molecular complexity index is 1190. The Labute approximate surface area is 188 Å². The summed E-state index contributed by atoms with van der Waals surface area (Å²) in [5.41, 5.74) is -0.667. The summed E-state index contributed by atoms with van der Waals surface area (Å²) in [5.74, 6) is -0.477. The molecule has 0 N–H and O–H groups in total. The summed E-state index contributed by atoms with van der Waals surface area (Å²) in [4.78, 5) is 16.4. The third-order valence-corrected chi connectivity index (χ3v) is 6.73. The van der Waals surface area contributed by atoms with Gasteiger partial charge in [0, 0.05) is 18.8 Å². The van der Waals surface area contributed by atoms with Gasteiger partial charge in [0.25, 0.3) is 10.0 Å². The summed E-state index contributed by atoms with van der Waals surface area (Å²) in [5, 5.41) is -0.223. The molecule has 32 heavy (non-hydrogen) atoms. The number of Topliss-reactive ketones (excluding diaryl/α,β-unsaturated/α-hetero) is 1. The second kappa shape index (κ2) is 9.70. The van der Waals surface area contributed by atoms with Gasteiger partial charge in [-0.25, -0.2) is 8.42 Å². The van der Waals surface area contributed by atoms with E-state index in [2.05, 4.69) is 4.98 Å². The van der Waals surface area contributed by atoms with E-state index in [0.717, 1.165) is 17.7 Å². The highest BCUT2D eigenvalue weighted by molar-refractivity contribution is 7.92. The molecule has 0 spiro atoms. The van der Waals surface area contributed by atoms with Gasteiger partial charge in [0.2, 0.25) is 0 Å². The molecule has 1 heterocycles. The number of hydrogen-bond donors (Lipinski definition) is 0. The predicted octanol–water partition coefficient (Wildman–Crippen LogP) is 5.15. The summed E-state index contributed by atoms with van der Waals surface area (Å²) < 4.78 is 67.0. The Morgan fingerprint density at radius 2 is 1.66 bits per heavy atom. The van der Waals surface area contributed by atoms with Crippen LogP contribution in [0.15, 0.2) is 78.0 Å². The van der Waals surface area contributed by atoms with Crippen LogP contribution >= 0.6 is 11.6 Å². The van der Waals surface area contributed by atoms with Crippen molar-refractivity contribution in [2.45, 2.75) is 23.9 Å².